The van der Waals surface area contributed by atoms with Crippen LogP contribution in [-0.4, -0.2) is 66.6 Å². The van der Waals surface area contributed by atoms with E-state index in [4.69, 9.17) is 10.5 Å². The van der Waals surface area contributed by atoms with Crippen LogP contribution in [0.15, 0.2) is 22.8 Å². The second kappa shape index (κ2) is 13.3. The Balaban J connectivity index is 1.77. The van der Waals surface area contributed by atoms with E-state index in [0.29, 0.717) is 56.9 Å². The molecule has 4 rings (SSSR count). The summed E-state index contributed by atoms with van der Waals surface area (Å²) in [7, 11) is 0. The summed E-state index contributed by atoms with van der Waals surface area (Å²) >= 11 is 0. The van der Waals surface area contributed by atoms with Gasteiger partial charge in [-0.2, -0.15) is 0 Å². The Bertz CT molecular complexity index is 1100. The van der Waals surface area contributed by atoms with Crippen LogP contribution in [0.5, 0.6) is 0 Å². The Kier molecular flexibility index (Phi) is 10.6. The fraction of sp³-hybridized carbons (Fsp3) is 0.829. The Hall–Kier alpha value is -1.74. The summed E-state index contributed by atoms with van der Waals surface area (Å²) in [4.78, 5) is 26.4. The Morgan fingerprint density at radius 3 is 2.40 bits per heavy atom. The highest BCUT2D eigenvalue weighted by atomic mass is 16.5. The van der Waals surface area contributed by atoms with Gasteiger partial charge in [0.25, 0.3) is 0 Å². The highest BCUT2D eigenvalue weighted by Crippen LogP contribution is 2.74. The molecule has 244 valence electrons. The van der Waals surface area contributed by atoms with Crippen LogP contribution in [0.4, 0.5) is 0 Å². The molecular formula is C35H59N3O5. The van der Waals surface area contributed by atoms with E-state index in [1.165, 1.54) is 12.5 Å². The number of ether oxygens (including phenoxy) is 1. The minimum absolute atomic E-state index is 0.0670. The van der Waals surface area contributed by atoms with Crippen molar-refractivity contribution < 1.29 is 24.5 Å². The van der Waals surface area contributed by atoms with E-state index in [1.807, 2.05) is 0 Å². The number of aliphatic hydroxyl groups excluding tert-OH is 2. The van der Waals surface area contributed by atoms with Gasteiger partial charge in [-0.15, -0.1) is 0 Å². The first kappa shape index (κ1) is 34.1. The zero-order chi connectivity index (χ0) is 31.7. The third-order valence-electron chi connectivity index (χ3n) is 12.5. The van der Waals surface area contributed by atoms with Gasteiger partial charge < -0.3 is 31.3 Å². The number of carbonyl (C=O) groups is 2. The van der Waals surface area contributed by atoms with Gasteiger partial charge in [0.1, 0.15) is 6.10 Å². The number of nitrogens with one attached hydrogen (secondary N) is 2. The van der Waals surface area contributed by atoms with E-state index in [-0.39, 0.29) is 52.0 Å². The summed E-state index contributed by atoms with van der Waals surface area (Å²) in [5.41, 5.74) is 7.88. The number of rotatable bonds is 10. The van der Waals surface area contributed by atoms with Gasteiger partial charge in [-0.3, -0.25) is 9.59 Å². The van der Waals surface area contributed by atoms with Gasteiger partial charge in [-0.25, -0.2) is 0 Å². The summed E-state index contributed by atoms with van der Waals surface area (Å²) < 4.78 is 6.09. The van der Waals surface area contributed by atoms with Crippen LogP contribution in [0.1, 0.15) is 99.8 Å². The molecule has 0 aromatic carbocycles. The molecule has 4 saturated carbocycles. The van der Waals surface area contributed by atoms with E-state index < -0.39 is 12.2 Å². The Morgan fingerprint density at radius 2 is 1.74 bits per heavy atom. The maximum Gasteiger partial charge on any atom is 0.303 e. The van der Waals surface area contributed by atoms with Crippen LogP contribution in [0.2, 0.25) is 0 Å². The first-order chi connectivity index (χ1) is 20.2. The van der Waals surface area contributed by atoms with Crippen LogP contribution in [0.25, 0.3) is 0 Å². The highest BCUT2D eigenvalue weighted by Gasteiger charge is 2.70. The maximum atomic E-state index is 13.9. The van der Waals surface area contributed by atoms with Gasteiger partial charge in [-0.1, -0.05) is 39.3 Å². The first-order valence-corrected chi connectivity index (χ1v) is 16.8. The summed E-state index contributed by atoms with van der Waals surface area (Å²) in [6.07, 6.45) is 6.97. The average Bonchev–Trinajstić information content (AvgIpc) is 3.19. The van der Waals surface area contributed by atoms with Crippen molar-refractivity contribution in [3.63, 3.8) is 0 Å². The second-order valence-electron chi connectivity index (χ2n) is 15.1. The summed E-state index contributed by atoms with van der Waals surface area (Å²) in [5.74, 6) is 0.127. The number of esters is 1. The third kappa shape index (κ3) is 6.23. The van der Waals surface area contributed by atoms with Crippen molar-refractivity contribution in [1.29, 1.82) is 0 Å². The molecule has 0 bridgehead atoms. The lowest BCUT2D eigenvalue weighted by molar-refractivity contribution is -0.234. The van der Waals surface area contributed by atoms with Gasteiger partial charge in [0.05, 0.1) is 12.2 Å². The Morgan fingerprint density at radius 1 is 1.02 bits per heavy atom. The highest BCUT2D eigenvalue weighted by molar-refractivity contribution is 5.94. The van der Waals surface area contributed by atoms with E-state index in [1.54, 1.807) is 0 Å². The number of nitrogens with two attached hydrogens (primary N) is 1. The second-order valence-corrected chi connectivity index (χ2v) is 15.1. The molecule has 0 spiro atoms. The zero-order valence-electron chi connectivity index (χ0n) is 27.8. The lowest BCUT2D eigenvalue weighted by Crippen LogP contribution is -2.65. The quantitative estimate of drug-likeness (QED) is 0.109. The normalized spacial score (nSPS) is 41.4. The van der Waals surface area contributed by atoms with Crippen LogP contribution in [0.3, 0.4) is 0 Å². The topological polar surface area (TPSA) is 134 Å². The molecule has 10 atom stereocenters. The molecule has 8 nitrogen and oxygen atoms in total. The molecule has 4 fully saturated rings. The van der Waals surface area contributed by atoms with Gasteiger partial charge in [0.15, 0.2) is 0 Å². The fourth-order valence-corrected chi connectivity index (χ4v) is 10.4. The SMILES string of the molecule is CC(=O)O[C@H]1C[C@@]2(C)C(C[C@@H](O)C3[C@@]4(C)CC[C@@H](O)[C@@H](C)C4CC[C@@]32C)/C1=C(\CCC=C(C)C)C(=O)NCCNCCN. The van der Waals surface area contributed by atoms with Gasteiger partial charge in [0.2, 0.25) is 5.91 Å². The maximum absolute atomic E-state index is 13.9. The molecule has 0 heterocycles. The monoisotopic (exact) mass is 601 g/mol. The Labute approximate surface area is 259 Å². The molecule has 3 unspecified atom stereocenters. The van der Waals surface area contributed by atoms with E-state index in [0.717, 1.165) is 37.7 Å². The molecule has 0 aliphatic heterocycles. The minimum Gasteiger partial charge on any atom is -0.458 e. The molecule has 8 heteroatoms. The van der Waals surface area contributed by atoms with Gasteiger partial charge in [0, 0.05) is 38.7 Å². The largest absolute Gasteiger partial charge is 0.458 e. The molecule has 4 aliphatic carbocycles. The molecular weight excluding hydrogens is 542 g/mol. The first-order valence-electron chi connectivity index (χ1n) is 16.8. The number of amides is 1. The standard InChI is InChI=1S/C35H59N3O5/c1-21(2)9-8-10-24(32(42)38-18-17-37-16-15-36)30-26-19-28(41)31-33(5)13-12-27(40)22(3)25(33)11-14-34(31,6)35(26,7)20-29(30)43-23(4)39/h9,22,25-29,31,37,40-41H,8,10-20,36H2,1-7H3,(H,38,42)/b30-24-/t22-,25?,26?,27+,28+,29-,31?,33-,34-,35-/m0/s1. The van der Waals surface area contributed by atoms with Crippen molar-refractivity contribution in [3.8, 4) is 0 Å². The zero-order valence-corrected chi connectivity index (χ0v) is 27.8. The van der Waals surface area contributed by atoms with Crippen molar-refractivity contribution in [2.45, 2.75) is 118 Å². The average molecular weight is 602 g/mol. The van der Waals surface area contributed by atoms with Crippen molar-refractivity contribution in [2.75, 3.05) is 26.2 Å². The third-order valence-corrected chi connectivity index (χ3v) is 12.5. The number of fused-ring (bicyclic) bond motifs is 5. The summed E-state index contributed by atoms with van der Waals surface area (Å²) in [5, 5.41) is 29.3. The van der Waals surface area contributed by atoms with E-state index in [9.17, 15) is 19.8 Å². The molecule has 0 aromatic rings. The number of carbonyl (C=O) groups excluding carboxylic acids is 2. The van der Waals surface area contributed by atoms with Crippen LogP contribution < -0.4 is 16.4 Å². The molecule has 0 aromatic heterocycles. The molecule has 0 saturated heterocycles. The smallest absolute Gasteiger partial charge is 0.303 e. The lowest BCUT2D eigenvalue weighted by atomic mass is 9.36. The van der Waals surface area contributed by atoms with Crippen LogP contribution in [-0.2, 0) is 14.3 Å². The fourth-order valence-electron chi connectivity index (χ4n) is 10.4. The van der Waals surface area contributed by atoms with Crippen molar-refractivity contribution >= 4 is 11.9 Å². The predicted molar refractivity (Wildman–Crippen MR) is 170 cm³/mol. The van der Waals surface area contributed by atoms with E-state index >= 15 is 0 Å². The summed E-state index contributed by atoms with van der Waals surface area (Å²) in [6.45, 7) is 17.2. The van der Waals surface area contributed by atoms with Crippen LogP contribution >= 0.6 is 0 Å². The number of hydrogen-bond donors (Lipinski definition) is 5. The van der Waals surface area contributed by atoms with Crippen molar-refractivity contribution in [2.24, 2.45) is 45.7 Å². The van der Waals surface area contributed by atoms with Crippen molar-refractivity contribution in [3.05, 3.63) is 22.8 Å². The minimum atomic E-state index is -0.535. The molecule has 0 radical (unpaired) electrons. The molecule has 43 heavy (non-hydrogen) atoms. The number of allylic oxidation sites excluding steroid dienone is 2. The van der Waals surface area contributed by atoms with Crippen molar-refractivity contribution in [1.82, 2.24) is 10.6 Å². The number of hydrogen-bond acceptors (Lipinski definition) is 7. The summed E-state index contributed by atoms with van der Waals surface area (Å²) in [6, 6.07) is 0. The molecule has 6 N–H and O–H groups in total. The molecule has 1 amide bonds. The lowest BCUT2D eigenvalue weighted by Gasteiger charge is -2.69. The predicted octanol–water partition coefficient (Wildman–Crippen LogP) is 4.25. The van der Waals surface area contributed by atoms with Gasteiger partial charge in [-0.05, 0) is 111 Å². The van der Waals surface area contributed by atoms with E-state index in [2.05, 4.69) is 58.3 Å². The van der Waals surface area contributed by atoms with Gasteiger partial charge >= 0.3 is 5.97 Å². The molecule has 4 aliphatic rings. The number of aliphatic hydroxyl groups is 2. The van der Waals surface area contributed by atoms with Crippen LogP contribution in [0, 0.1) is 39.9 Å².